The van der Waals surface area contributed by atoms with Crippen molar-refractivity contribution in [2.45, 2.75) is 6.54 Å². The fourth-order valence-electron chi connectivity index (χ4n) is 1.05. The molecular weight excluding hydrogens is 296 g/mol. The fraction of sp³-hybridized carbons (Fsp3) is 0.333. The average molecular weight is 308 g/mol. The molecule has 0 unspecified atom stereocenters. The molecule has 0 radical (unpaired) electrons. The average Bonchev–Trinajstić information content (AvgIpc) is 2.03. The van der Waals surface area contributed by atoms with Crippen LogP contribution in [0.2, 0.25) is 0 Å². The molecule has 0 aromatic heterocycles. The zero-order valence-electron chi connectivity index (χ0n) is 7.19. The van der Waals surface area contributed by atoms with Crippen molar-refractivity contribution in [3.8, 4) is 0 Å². The maximum absolute atomic E-state index is 5.37. The molecule has 0 bridgehead atoms. The Morgan fingerprint density at radius 3 is 2.31 bits per heavy atom. The molecule has 13 heavy (non-hydrogen) atoms. The highest BCUT2D eigenvalue weighted by molar-refractivity contribution is 9.11. The molecule has 0 aliphatic rings. The van der Waals surface area contributed by atoms with Crippen LogP contribution in [0, 0.1) is 0 Å². The van der Waals surface area contributed by atoms with Gasteiger partial charge in [-0.05, 0) is 23.8 Å². The first-order chi connectivity index (χ1) is 6.22. The lowest BCUT2D eigenvalue weighted by atomic mass is 10.2. The largest absolute Gasteiger partial charge is 0.329 e. The Labute approximate surface area is 95.2 Å². The molecule has 3 N–H and O–H groups in total. The van der Waals surface area contributed by atoms with Crippen LogP contribution in [0.15, 0.2) is 27.1 Å². The van der Waals surface area contributed by atoms with Gasteiger partial charge in [-0.15, -0.1) is 0 Å². The van der Waals surface area contributed by atoms with Crippen LogP contribution in [-0.2, 0) is 6.54 Å². The molecule has 0 fully saturated rings. The van der Waals surface area contributed by atoms with Gasteiger partial charge in [0, 0.05) is 28.6 Å². The smallest absolute Gasteiger partial charge is 0.0206 e. The van der Waals surface area contributed by atoms with Crippen molar-refractivity contribution in [2.75, 3.05) is 13.1 Å². The molecule has 0 saturated heterocycles. The van der Waals surface area contributed by atoms with Gasteiger partial charge in [-0.25, -0.2) is 0 Å². The highest BCUT2D eigenvalue weighted by atomic mass is 79.9. The number of nitrogens with one attached hydrogen (secondary N) is 1. The second-order valence-corrected chi connectivity index (χ2v) is 4.57. The highest BCUT2D eigenvalue weighted by Crippen LogP contribution is 2.19. The second-order valence-electron chi connectivity index (χ2n) is 2.74. The van der Waals surface area contributed by atoms with Crippen LogP contribution in [0.1, 0.15) is 5.56 Å². The molecule has 0 amide bonds. The van der Waals surface area contributed by atoms with E-state index in [9.17, 15) is 0 Å². The van der Waals surface area contributed by atoms with E-state index >= 15 is 0 Å². The number of nitrogens with two attached hydrogens (primary N) is 1. The summed E-state index contributed by atoms with van der Waals surface area (Å²) in [6.07, 6.45) is 0. The molecule has 0 heterocycles. The highest BCUT2D eigenvalue weighted by Gasteiger charge is 1.96. The molecular formula is C9H12Br2N2. The zero-order valence-corrected chi connectivity index (χ0v) is 10.4. The van der Waals surface area contributed by atoms with E-state index in [1.54, 1.807) is 0 Å². The predicted octanol–water partition coefficient (Wildman–Crippen LogP) is 2.26. The first kappa shape index (κ1) is 11.2. The summed E-state index contributed by atoms with van der Waals surface area (Å²) in [6.45, 7) is 2.38. The van der Waals surface area contributed by atoms with Crippen molar-refractivity contribution < 1.29 is 0 Å². The third kappa shape index (κ3) is 4.22. The van der Waals surface area contributed by atoms with E-state index in [0.717, 1.165) is 22.0 Å². The van der Waals surface area contributed by atoms with Gasteiger partial charge >= 0.3 is 0 Å². The van der Waals surface area contributed by atoms with Crippen LogP contribution in [0.3, 0.4) is 0 Å². The maximum atomic E-state index is 5.37. The lowest BCUT2D eigenvalue weighted by Gasteiger charge is -2.04. The molecule has 2 nitrogen and oxygen atoms in total. The summed E-state index contributed by atoms with van der Waals surface area (Å²) >= 11 is 6.88. The number of hydrogen-bond donors (Lipinski definition) is 2. The molecule has 1 aromatic rings. The minimum Gasteiger partial charge on any atom is -0.329 e. The van der Waals surface area contributed by atoms with Gasteiger partial charge in [0.25, 0.3) is 0 Å². The maximum Gasteiger partial charge on any atom is 0.0206 e. The van der Waals surface area contributed by atoms with Crippen molar-refractivity contribution in [3.63, 3.8) is 0 Å². The second kappa shape index (κ2) is 5.75. The quantitative estimate of drug-likeness (QED) is 0.838. The van der Waals surface area contributed by atoms with Gasteiger partial charge < -0.3 is 11.1 Å². The van der Waals surface area contributed by atoms with Crippen molar-refractivity contribution in [1.82, 2.24) is 5.32 Å². The molecule has 1 aromatic carbocycles. The van der Waals surface area contributed by atoms with Gasteiger partial charge in [-0.3, -0.25) is 0 Å². The molecule has 0 saturated carbocycles. The first-order valence-electron chi connectivity index (χ1n) is 4.08. The monoisotopic (exact) mass is 306 g/mol. The molecule has 0 aliphatic heterocycles. The van der Waals surface area contributed by atoms with Gasteiger partial charge in [0.15, 0.2) is 0 Å². The number of halogens is 2. The van der Waals surface area contributed by atoms with E-state index in [0.29, 0.717) is 6.54 Å². The van der Waals surface area contributed by atoms with E-state index < -0.39 is 0 Å². The lowest BCUT2D eigenvalue weighted by Crippen LogP contribution is -2.21. The lowest BCUT2D eigenvalue weighted by molar-refractivity contribution is 0.694. The van der Waals surface area contributed by atoms with Crippen LogP contribution >= 0.6 is 31.9 Å². The molecule has 0 spiro atoms. The Morgan fingerprint density at radius 2 is 1.77 bits per heavy atom. The molecule has 0 aliphatic carbocycles. The Kier molecular flexibility index (Phi) is 4.94. The summed E-state index contributed by atoms with van der Waals surface area (Å²) in [5, 5.41) is 3.24. The summed E-state index contributed by atoms with van der Waals surface area (Å²) in [7, 11) is 0. The molecule has 4 heteroatoms. The first-order valence-corrected chi connectivity index (χ1v) is 5.66. The molecule has 72 valence electrons. The van der Waals surface area contributed by atoms with Gasteiger partial charge in [-0.1, -0.05) is 31.9 Å². The van der Waals surface area contributed by atoms with E-state index in [4.69, 9.17) is 5.73 Å². The number of hydrogen-bond acceptors (Lipinski definition) is 2. The van der Waals surface area contributed by atoms with Crippen molar-refractivity contribution >= 4 is 31.9 Å². The third-order valence-electron chi connectivity index (χ3n) is 1.57. The Morgan fingerprint density at radius 1 is 1.15 bits per heavy atom. The fourth-order valence-corrected chi connectivity index (χ4v) is 2.44. The summed E-state index contributed by atoms with van der Waals surface area (Å²) in [4.78, 5) is 0. The van der Waals surface area contributed by atoms with E-state index in [2.05, 4.69) is 49.3 Å². The van der Waals surface area contributed by atoms with Gasteiger partial charge in [0.05, 0.1) is 0 Å². The Balaban J connectivity index is 2.56. The van der Waals surface area contributed by atoms with E-state index in [1.165, 1.54) is 5.56 Å². The van der Waals surface area contributed by atoms with Gasteiger partial charge in [-0.2, -0.15) is 0 Å². The Hall–Kier alpha value is 0.1000. The van der Waals surface area contributed by atoms with Crippen LogP contribution in [0.5, 0.6) is 0 Å². The molecule has 0 atom stereocenters. The molecule has 1 rings (SSSR count). The van der Waals surface area contributed by atoms with Crippen molar-refractivity contribution in [3.05, 3.63) is 32.7 Å². The van der Waals surface area contributed by atoms with Crippen LogP contribution in [0.4, 0.5) is 0 Å². The minimum absolute atomic E-state index is 0.676. The van der Waals surface area contributed by atoms with Gasteiger partial charge in [0.2, 0.25) is 0 Å². The van der Waals surface area contributed by atoms with Crippen molar-refractivity contribution in [1.29, 1.82) is 0 Å². The predicted molar refractivity (Wildman–Crippen MR) is 62.6 cm³/mol. The topological polar surface area (TPSA) is 38.0 Å². The van der Waals surface area contributed by atoms with E-state index in [1.807, 2.05) is 6.07 Å². The summed E-state index contributed by atoms with van der Waals surface area (Å²) in [5.74, 6) is 0. The number of rotatable bonds is 4. The number of benzene rings is 1. The normalized spacial score (nSPS) is 10.4. The SMILES string of the molecule is NCCNCc1cc(Br)cc(Br)c1. The minimum atomic E-state index is 0.676. The third-order valence-corrected chi connectivity index (χ3v) is 2.49. The summed E-state index contributed by atoms with van der Waals surface area (Å²) in [6, 6.07) is 6.20. The summed E-state index contributed by atoms with van der Waals surface area (Å²) < 4.78 is 2.18. The van der Waals surface area contributed by atoms with Crippen LogP contribution in [-0.4, -0.2) is 13.1 Å². The summed E-state index contributed by atoms with van der Waals surface area (Å²) in [5.41, 5.74) is 6.62. The Bertz CT molecular complexity index is 256. The zero-order chi connectivity index (χ0) is 9.68. The van der Waals surface area contributed by atoms with Crippen LogP contribution in [0.25, 0.3) is 0 Å². The standard InChI is InChI=1S/C9H12Br2N2/c10-8-3-7(4-9(11)5-8)6-13-2-1-12/h3-5,13H,1-2,6,12H2. The van der Waals surface area contributed by atoms with Gasteiger partial charge in [0.1, 0.15) is 0 Å². The van der Waals surface area contributed by atoms with Crippen LogP contribution < -0.4 is 11.1 Å². The van der Waals surface area contributed by atoms with E-state index in [-0.39, 0.29) is 0 Å². The van der Waals surface area contributed by atoms with Crippen molar-refractivity contribution in [2.24, 2.45) is 5.73 Å².